The number of ether oxygens (including phenoxy) is 2. The van der Waals surface area contributed by atoms with E-state index in [1.165, 1.54) is 0 Å². The fourth-order valence-electron chi connectivity index (χ4n) is 3.51. The van der Waals surface area contributed by atoms with Crippen LogP contribution in [0.25, 0.3) is 0 Å². The molecular weight excluding hydrogens is 485 g/mol. The molecule has 1 unspecified atom stereocenters. The Hall–Kier alpha value is -0.980. The quantitative estimate of drug-likeness (QED) is 0.315. The molecule has 1 atom stereocenters. The molecule has 1 aromatic heterocycles. The molecule has 2 aliphatic heterocycles. The van der Waals surface area contributed by atoms with Crippen molar-refractivity contribution in [3.8, 4) is 0 Å². The first kappa shape index (κ1) is 24.3. The van der Waals surface area contributed by atoms with Crippen LogP contribution in [0.2, 0.25) is 0 Å². The summed E-state index contributed by atoms with van der Waals surface area (Å²) in [6, 6.07) is 0. The highest BCUT2D eigenvalue weighted by Gasteiger charge is 2.28. The second-order valence-corrected chi connectivity index (χ2v) is 8.17. The molecule has 0 bridgehead atoms. The second kappa shape index (κ2) is 11.4. The third-order valence-corrected chi connectivity index (χ3v) is 5.64. The van der Waals surface area contributed by atoms with Gasteiger partial charge >= 0.3 is 0 Å². The number of rotatable bonds is 7. The molecule has 2 N–H and O–H groups in total. The summed E-state index contributed by atoms with van der Waals surface area (Å²) in [5, 5.41) is 15.3. The Balaban J connectivity index is 0.00000300. The van der Waals surface area contributed by atoms with Gasteiger partial charge in [0.2, 0.25) is 0 Å². The topological polar surface area (TPSA) is 88.8 Å². The highest BCUT2D eigenvalue weighted by molar-refractivity contribution is 14.0. The Labute approximate surface area is 191 Å². The fourth-order valence-corrected chi connectivity index (χ4v) is 3.51. The molecule has 10 heteroatoms. The van der Waals surface area contributed by atoms with Crippen molar-refractivity contribution in [3.05, 3.63) is 11.6 Å². The van der Waals surface area contributed by atoms with Crippen LogP contribution in [-0.2, 0) is 23.1 Å². The molecule has 3 heterocycles. The molecule has 29 heavy (non-hydrogen) atoms. The van der Waals surface area contributed by atoms with Crippen molar-refractivity contribution in [1.82, 2.24) is 30.3 Å². The van der Waals surface area contributed by atoms with Gasteiger partial charge in [0.25, 0.3) is 0 Å². The van der Waals surface area contributed by atoms with Crippen LogP contribution in [0, 0.1) is 6.92 Å². The maximum Gasteiger partial charge on any atom is 0.191 e. The van der Waals surface area contributed by atoms with Crippen LogP contribution in [0.1, 0.15) is 38.3 Å². The van der Waals surface area contributed by atoms with Crippen LogP contribution < -0.4 is 10.6 Å². The Bertz CT molecular complexity index is 653. The van der Waals surface area contributed by atoms with Crippen molar-refractivity contribution >= 4 is 29.9 Å². The Morgan fingerprint density at radius 1 is 1.21 bits per heavy atom. The van der Waals surface area contributed by atoms with Gasteiger partial charge in [0, 0.05) is 45.4 Å². The molecule has 2 aliphatic rings. The number of hydrogen-bond donors (Lipinski definition) is 2. The molecule has 0 spiro atoms. The van der Waals surface area contributed by atoms with Crippen LogP contribution >= 0.6 is 24.0 Å². The van der Waals surface area contributed by atoms with E-state index in [-0.39, 0.29) is 35.6 Å². The first-order valence-corrected chi connectivity index (χ1v) is 10.3. The molecule has 2 fully saturated rings. The molecule has 0 saturated carbocycles. The van der Waals surface area contributed by atoms with E-state index in [1.807, 2.05) is 18.5 Å². The minimum absolute atomic E-state index is 0. The van der Waals surface area contributed by atoms with Crippen molar-refractivity contribution in [2.24, 2.45) is 12.0 Å². The van der Waals surface area contributed by atoms with Crippen molar-refractivity contribution in [2.75, 3.05) is 46.0 Å². The van der Waals surface area contributed by atoms with E-state index in [2.05, 4.69) is 39.6 Å². The van der Waals surface area contributed by atoms with Crippen molar-refractivity contribution < 1.29 is 9.47 Å². The van der Waals surface area contributed by atoms with Gasteiger partial charge in [-0.1, -0.05) is 0 Å². The molecule has 0 amide bonds. The molecule has 2 saturated heterocycles. The molecule has 1 aromatic rings. The van der Waals surface area contributed by atoms with Gasteiger partial charge in [-0.3, -0.25) is 4.90 Å². The van der Waals surface area contributed by atoms with E-state index in [9.17, 15) is 0 Å². The van der Waals surface area contributed by atoms with Gasteiger partial charge in [0.05, 0.1) is 19.3 Å². The summed E-state index contributed by atoms with van der Waals surface area (Å²) in [4.78, 5) is 7.22. The number of nitrogens with zero attached hydrogens (tertiary/aromatic N) is 5. The average molecular weight is 521 g/mol. The van der Waals surface area contributed by atoms with Gasteiger partial charge in [-0.2, -0.15) is 0 Å². The van der Waals surface area contributed by atoms with Crippen molar-refractivity contribution in [3.63, 3.8) is 0 Å². The maximum absolute atomic E-state index is 5.74. The summed E-state index contributed by atoms with van der Waals surface area (Å²) < 4.78 is 13.2. The van der Waals surface area contributed by atoms with Crippen molar-refractivity contribution in [1.29, 1.82) is 0 Å². The normalized spacial score (nSPS) is 21.1. The second-order valence-electron chi connectivity index (χ2n) is 8.17. The SMILES string of the molecule is Cc1nnc(CN=C(NCC2CCCO2)NCC(C)(C)N2CCOCC2)n1C.I. The maximum atomic E-state index is 5.74. The predicted molar refractivity (Wildman–Crippen MR) is 124 cm³/mol. The molecular formula is C19H36IN7O2. The molecule has 9 nitrogen and oxygen atoms in total. The zero-order chi connectivity index (χ0) is 20.0. The van der Waals surface area contributed by atoms with Gasteiger partial charge in [0.1, 0.15) is 12.4 Å². The molecule has 166 valence electrons. The molecule has 0 aliphatic carbocycles. The summed E-state index contributed by atoms with van der Waals surface area (Å²) >= 11 is 0. The number of morpholine rings is 1. The van der Waals surface area contributed by atoms with E-state index in [1.54, 1.807) is 0 Å². The van der Waals surface area contributed by atoms with E-state index in [0.29, 0.717) is 6.54 Å². The standard InChI is InChI=1S/C19H35N7O2.HI/c1-15-23-24-17(25(15)4)13-21-18(20-12-16-6-5-9-28-16)22-14-19(2,3)26-7-10-27-11-8-26;/h16H,5-14H2,1-4H3,(H2,20,21,22);1H. The smallest absolute Gasteiger partial charge is 0.191 e. The molecule has 3 rings (SSSR count). The third kappa shape index (κ3) is 7.04. The van der Waals surface area contributed by atoms with Gasteiger partial charge in [-0.25, -0.2) is 4.99 Å². The van der Waals surface area contributed by atoms with Crippen LogP contribution in [0.3, 0.4) is 0 Å². The summed E-state index contributed by atoms with van der Waals surface area (Å²) in [7, 11) is 1.97. The minimum atomic E-state index is 0. The average Bonchev–Trinajstić information content (AvgIpc) is 3.33. The van der Waals surface area contributed by atoms with Crippen molar-refractivity contribution in [2.45, 2.75) is 51.8 Å². The lowest BCUT2D eigenvalue weighted by Crippen LogP contribution is -2.56. The third-order valence-electron chi connectivity index (χ3n) is 5.64. The predicted octanol–water partition coefficient (Wildman–Crippen LogP) is 1.07. The van der Waals surface area contributed by atoms with Crippen LogP contribution in [-0.4, -0.2) is 83.3 Å². The summed E-state index contributed by atoms with van der Waals surface area (Å²) in [5.41, 5.74) is 0.0114. The molecule has 0 aromatic carbocycles. The number of guanidine groups is 1. The Morgan fingerprint density at radius 3 is 2.59 bits per heavy atom. The van der Waals surface area contributed by atoms with Gasteiger partial charge < -0.3 is 24.7 Å². The van der Waals surface area contributed by atoms with E-state index < -0.39 is 0 Å². The summed E-state index contributed by atoms with van der Waals surface area (Å²) in [5.74, 6) is 2.53. The minimum Gasteiger partial charge on any atom is -0.379 e. The van der Waals surface area contributed by atoms with Crippen LogP contribution in [0.5, 0.6) is 0 Å². The molecule has 0 radical (unpaired) electrons. The highest BCUT2D eigenvalue weighted by Crippen LogP contribution is 2.15. The highest BCUT2D eigenvalue weighted by atomic mass is 127. The Kier molecular flexibility index (Phi) is 9.57. The van der Waals surface area contributed by atoms with E-state index in [0.717, 1.165) is 76.4 Å². The number of hydrogen-bond acceptors (Lipinski definition) is 6. The van der Waals surface area contributed by atoms with E-state index >= 15 is 0 Å². The lowest BCUT2D eigenvalue weighted by molar-refractivity contribution is -0.00835. The lowest BCUT2D eigenvalue weighted by Gasteiger charge is -2.41. The van der Waals surface area contributed by atoms with Crippen LogP contribution in [0.4, 0.5) is 0 Å². The van der Waals surface area contributed by atoms with Crippen LogP contribution in [0.15, 0.2) is 4.99 Å². The van der Waals surface area contributed by atoms with E-state index in [4.69, 9.17) is 14.5 Å². The number of aryl methyl sites for hydroxylation is 1. The fraction of sp³-hybridized carbons (Fsp3) is 0.842. The number of nitrogens with one attached hydrogen (secondary N) is 2. The first-order chi connectivity index (χ1) is 13.5. The van der Waals surface area contributed by atoms with Gasteiger partial charge in [-0.05, 0) is 33.6 Å². The summed E-state index contributed by atoms with van der Waals surface area (Å²) in [6.07, 6.45) is 2.49. The zero-order valence-corrected chi connectivity index (χ0v) is 20.4. The first-order valence-electron chi connectivity index (χ1n) is 10.3. The number of aliphatic imine (C=N–C) groups is 1. The monoisotopic (exact) mass is 521 g/mol. The number of aromatic nitrogens is 3. The lowest BCUT2D eigenvalue weighted by atomic mass is 10.0. The zero-order valence-electron chi connectivity index (χ0n) is 18.1. The number of halogens is 1. The Morgan fingerprint density at radius 2 is 1.97 bits per heavy atom. The largest absolute Gasteiger partial charge is 0.379 e. The van der Waals surface area contributed by atoms with Gasteiger partial charge in [0.15, 0.2) is 11.8 Å². The summed E-state index contributed by atoms with van der Waals surface area (Å²) in [6.45, 7) is 12.9. The van der Waals surface area contributed by atoms with Gasteiger partial charge in [-0.15, -0.1) is 34.2 Å².